The summed E-state index contributed by atoms with van der Waals surface area (Å²) in [5.41, 5.74) is 8.68. The van der Waals surface area contributed by atoms with Crippen molar-refractivity contribution in [1.82, 2.24) is 4.98 Å². The van der Waals surface area contributed by atoms with Crippen molar-refractivity contribution in [1.29, 1.82) is 0 Å². The molecule has 0 saturated carbocycles. The van der Waals surface area contributed by atoms with Crippen LogP contribution in [-0.2, 0) is 9.84 Å². The predicted molar refractivity (Wildman–Crippen MR) is 81.6 cm³/mol. The van der Waals surface area contributed by atoms with Crippen molar-refractivity contribution < 1.29 is 8.42 Å². The molecule has 0 spiro atoms. The Morgan fingerprint density at radius 3 is 2.85 bits per heavy atom. The second-order valence-corrected chi connectivity index (χ2v) is 7.36. The number of pyridine rings is 1. The molecule has 2 aromatic rings. The Balaban J connectivity index is 2.00. The molecule has 20 heavy (non-hydrogen) atoms. The number of hydrogen-bond donors (Lipinski definition) is 1. The van der Waals surface area contributed by atoms with Crippen LogP contribution in [0.1, 0.15) is 6.42 Å². The van der Waals surface area contributed by atoms with E-state index in [1.165, 1.54) is 0 Å². The van der Waals surface area contributed by atoms with E-state index >= 15 is 0 Å². The van der Waals surface area contributed by atoms with Crippen molar-refractivity contribution >= 4 is 32.1 Å². The number of aromatic nitrogens is 1. The Morgan fingerprint density at radius 1 is 1.15 bits per heavy atom. The molecule has 1 aliphatic rings. The standard InChI is InChI=1S/C14H17N3O2S/c15-14-11-3-1-6-16-12(11)4-5-13(14)17-7-2-9-20(18,19)10-8-17/h1,3-6H,2,7-10,15H2. The predicted octanol–water partition coefficient (Wildman–Crippen LogP) is 1.44. The van der Waals surface area contributed by atoms with Gasteiger partial charge in [-0.25, -0.2) is 8.42 Å². The van der Waals surface area contributed by atoms with E-state index in [0.29, 0.717) is 18.7 Å². The third-order valence-corrected chi connectivity index (χ3v) is 5.42. The molecule has 5 nitrogen and oxygen atoms in total. The molecule has 2 N–H and O–H groups in total. The number of hydrogen-bond acceptors (Lipinski definition) is 5. The zero-order chi connectivity index (χ0) is 14.2. The summed E-state index contributed by atoms with van der Waals surface area (Å²) < 4.78 is 23.4. The molecule has 1 saturated heterocycles. The van der Waals surface area contributed by atoms with Crippen LogP contribution in [-0.4, -0.2) is 38.0 Å². The smallest absolute Gasteiger partial charge is 0.152 e. The zero-order valence-corrected chi connectivity index (χ0v) is 11.9. The number of sulfone groups is 1. The van der Waals surface area contributed by atoms with Gasteiger partial charge in [0, 0.05) is 24.7 Å². The lowest BCUT2D eigenvalue weighted by molar-refractivity contribution is 0.597. The van der Waals surface area contributed by atoms with Gasteiger partial charge in [-0.2, -0.15) is 0 Å². The molecule has 0 unspecified atom stereocenters. The third kappa shape index (κ3) is 2.43. The van der Waals surface area contributed by atoms with Crippen LogP contribution in [0.5, 0.6) is 0 Å². The third-order valence-electron chi connectivity index (χ3n) is 3.70. The molecule has 1 aliphatic heterocycles. The number of nitrogens with two attached hydrogens (primary N) is 1. The van der Waals surface area contributed by atoms with Crippen molar-refractivity contribution in [2.75, 3.05) is 35.2 Å². The molecule has 3 rings (SSSR count). The van der Waals surface area contributed by atoms with Gasteiger partial charge in [-0.1, -0.05) is 0 Å². The Morgan fingerprint density at radius 2 is 2.00 bits per heavy atom. The van der Waals surface area contributed by atoms with Gasteiger partial charge in [0.05, 0.1) is 28.4 Å². The van der Waals surface area contributed by atoms with Gasteiger partial charge in [0.2, 0.25) is 0 Å². The Labute approximate surface area is 118 Å². The molecule has 1 fully saturated rings. The fourth-order valence-corrected chi connectivity index (χ4v) is 3.89. The van der Waals surface area contributed by atoms with Crippen LogP contribution in [0.15, 0.2) is 30.5 Å². The summed E-state index contributed by atoms with van der Waals surface area (Å²) in [7, 11) is -2.91. The first kappa shape index (κ1) is 13.2. The number of nitrogen functional groups attached to an aromatic ring is 1. The molecule has 1 aromatic carbocycles. The molecule has 0 bridgehead atoms. The van der Waals surface area contributed by atoms with E-state index in [2.05, 4.69) is 9.88 Å². The highest BCUT2D eigenvalue weighted by Crippen LogP contribution is 2.31. The van der Waals surface area contributed by atoms with Crippen molar-refractivity contribution in [3.63, 3.8) is 0 Å². The minimum Gasteiger partial charge on any atom is -0.396 e. The van der Waals surface area contributed by atoms with Crippen molar-refractivity contribution in [3.8, 4) is 0 Å². The summed E-state index contributed by atoms with van der Waals surface area (Å²) in [6.45, 7) is 1.22. The lowest BCUT2D eigenvalue weighted by Crippen LogP contribution is -2.27. The number of benzene rings is 1. The first-order valence-electron chi connectivity index (χ1n) is 6.65. The molecular weight excluding hydrogens is 274 g/mol. The highest BCUT2D eigenvalue weighted by atomic mass is 32.2. The number of rotatable bonds is 1. The second kappa shape index (κ2) is 4.94. The summed E-state index contributed by atoms with van der Waals surface area (Å²) in [6.07, 6.45) is 2.38. The highest BCUT2D eigenvalue weighted by Gasteiger charge is 2.21. The summed E-state index contributed by atoms with van der Waals surface area (Å²) in [4.78, 5) is 6.34. The molecule has 0 aliphatic carbocycles. The summed E-state index contributed by atoms with van der Waals surface area (Å²) >= 11 is 0. The molecule has 0 atom stereocenters. The van der Waals surface area contributed by atoms with E-state index in [4.69, 9.17) is 5.73 Å². The van der Waals surface area contributed by atoms with Gasteiger partial charge in [-0.15, -0.1) is 0 Å². The van der Waals surface area contributed by atoms with Crippen LogP contribution >= 0.6 is 0 Å². The van der Waals surface area contributed by atoms with Crippen molar-refractivity contribution in [2.45, 2.75) is 6.42 Å². The number of anilines is 2. The van der Waals surface area contributed by atoms with Gasteiger partial charge in [0.25, 0.3) is 0 Å². The van der Waals surface area contributed by atoms with Gasteiger partial charge in [0.1, 0.15) is 0 Å². The molecular formula is C14H17N3O2S. The molecule has 6 heteroatoms. The first-order chi connectivity index (χ1) is 9.57. The average molecular weight is 291 g/mol. The van der Waals surface area contributed by atoms with E-state index in [1.807, 2.05) is 24.3 Å². The Bertz CT molecular complexity index is 743. The summed E-state index contributed by atoms with van der Waals surface area (Å²) in [5, 5.41) is 0.914. The zero-order valence-electron chi connectivity index (χ0n) is 11.1. The maximum atomic E-state index is 11.7. The molecule has 0 radical (unpaired) electrons. The van der Waals surface area contributed by atoms with Crippen LogP contribution in [0.2, 0.25) is 0 Å². The van der Waals surface area contributed by atoms with Gasteiger partial charge in [-0.3, -0.25) is 4.98 Å². The van der Waals surface area contributed by atoms with Gasteiger partial charge < -0.3 is 10.6 Å². The van der Waals surface area contributed by atoms with E-state index < -0.39 is 9.84 Å². The Kier molecular flexibility index (Phi) is 3.25. The van der Waals surface area contributed by atoms with Crippen LogP contribution in [0, 0.1) is 0 Å². The van der Waals surface area contributed by atoms with E-state index in [0.717, 1.165) is 23.1 Å². The summed E-state index contributed by atoms with van der Waals surface area (Å²) in [5.74, 6) is 0.454. The topological polar surface area (TPSA) is 76.3 Å². The largest absolute Gasteiger partial charge is 0.396 e. The average Bonchev–Trinajstić information content (AvgIpc) is 2.61. The van der Waals surface area contributed by atoms with E-state index in [-0.39, 0.29) is 11.5 Å². The monoisotopic (exact) mass is 291 g/mol. The lowest BCUT2D eigenvalue weighted by atomic mass is 10.1. The lowest BCUT2D eigenvalue weighted by Gasteiger charge is -2.24. The second-order valence-electron chi connectivity index (χ2n) is 5.06. The van der Waals surface area contributed by atoms with Crippen molar-refractivity contribution in [2.24, 2.45) is 0 Å². The number of nitrogens with zero attached hydrogens (tertiary/aromatic N) is 2. The first-order valence-corrected chi connectivity index (χ1v) is 8.47. The van der Waals surface area contributed by atoms with E-state index in [1.54, 1.807) is 6.20 Å². The maximum absolute atomic E-state index is 11.7. The van der Waals surface area contributed by atoms with Crippen molar-refractivity contribution in [3.05, 3.63) is 30.5 Å². The van der Waals surface area contributed by atoms with Crippen LogP contribution in [0.4, 0.5) is 11.4 Å². The highest BCUT2D eigenvalue weighted by molar-refractivity contribution is 7.91. The minimum absolute atomic E-state index is 0.192. The van der Waals surface area contributed by atoms with Crippen LogP contribution in [0.3, 0.4) is 0 Å². The van der Waals surface area contributed by atoms with Gasteiger partial charge in [-0.05, 0) is 30.7 Å². The van der Waals surface area contributed by atoms with E-state index in [9.17, 15) is 8.42 Å². The maximum Gasteiger partial charge on any atom is 0.152 e. The quantitative estimate of drug-likeness (QED) is 0.805. The minimum atomic E-state index is -2.91. The van der Waals surface area contributed by atoms with Crippen LogP contribution in [0.25, 0.3) is 10.9 Å². The SMILES string of the molecule is Nc1c(N2CCCS(=O)(=O)CC2)ccc2ncccc12. The molecule has 2 heterocycles. The fourth-order valence-electron chi connectivity index (χ4n) is 2.62. The molecule has 1 aromatic heterocycles. The normalized spacial score (nSPS) is 18.9. The van der Waals surface area contributed by atoms with Gasteiger partial charge >= 0.3 is 0 Å². The van der Waals surface area contributed by atoms with Gasteiger partial charge in [0.15, 0.2) is 9.84 Å². The summed E-state index contributed by atoms with van der Waals surface area (Å²) in [6, 6.07) is 7.66. The number of fused-ring (bicyclic) bond motifs is 1. The Hall–Kier alpha value is -1.82. The fraction of sp³-hybridized carbons (Fsp3) is 0.357. The van der Waals surface area contributed by atoms with Crippen LogP contribution < -0.4 is 10.6 Å². The molecule has 106 valence electrons. The molecule has 0 amide bonds.